The maximum absolute atomic E-state index is 13.3. The number of carbonyl (C=O) groups is 2. The molecule has 0 bridgehead atoms. The Morgan fingerprint density at radius 2 is 1.82 bits per heavy atom. The molecule has 0 aliphatic carbocycles. The molecule has 2 amide bonds. The molecular weight excluding hydrogens is 533 g/mol. The van der Waals surface area contributed by atoms with Crippen LogP contribution in [0.25, 0.3) is 0 Å². The SMILES string of the molecule is CC(C(N)=O)(C(CN1CCOCC1)c1ccc(Br)cc1)N1C(=O)COc2cc(Cl)c(Cl)cc21. The van der Waals surface area contributed by atoms with Gasteiger partial charge < -0.3 is 15.2 Å². The number of hydrogen-bond donors (Lipinski definition) is 1. The number of carbonyl (C=O) groups excluding carboxylic acids is 2. The normalized spacial score (nSPS) is 19.4. The molecular formula is C23H24BrCl2N3O4. The minimum atomic E-state index is -1.42. The highest BCUT2D eigenvalue weighted by Crippen LogP contribution is 2.45. The summed E-state index contributed by atoms with van der Waals surface area (Å²) < 4.78 is 12.0. The molecule has 2 aromatic carbocycles. The summed E-state index contributed by atoms with van der Waals surface area (Å²) in [5.41, 5.74) is 5.91. The highest BCUT2D eigenvalue weighted by Gasteiger charge is 2.51. The second kappa shape index (κ2) is 9.80. The quantitative estimate of drug-likeness (QED) is 0.584. The van der Waals surface area contributed by atoms with Crippen molar-refractivity contribution in [3.63, 3.8) is 0 Å². The maximum Gasteiger partial charge on any atom is 0.266 e. The van der Waals surface area contributed by atoms with Gasteiger partial charge in [0.15, 0.2) is 6.61 Å². The van der Waals surface area contributed by atoms with E-state index in [1.54, 1.807) is 19.1 Å². The number of benzene rings is 2. The summed E-state index contributed by atoms with van der Waals surface area (Å²) in [6.07, 6.45) is 0. The van der Waals surface area contributed by atoms with Gasteiger partial charge in [-0.25, -0.2) is 0 Å². The standard InChI is InChI=1S/C23H24BrCl2N3O4/c1-23(22(27)31,29-19-10-17(25)18(26)11-20(19)33-13-21(29)30)16(12-28-6-8-32-9-7-28)14-2-4-15(24)5-3-14/h2-5,10-11,16H,6-9,12-13H2,1H3,(H2,27,31). The van der Waals surface area contributed by atoms with Gasteiger partial charge in [-0.15, -0.1) is 0 Å². The van der Waals surface area contributed by atoms with Crippen molar-refractivity contribution in [2.45, 2.75) is 18.4 Å². The Kier molecular flexibility index (Phi) is 7.21. The van der Waals surface area contributed by atoms with E-state index in [2.05, 4.69) is 20.8 Å². The van der Waals surface area contributed by atoms with Gasteiger partial charge in [0.2, 0.25) is 5.91 Å². The van der Waals surface area contributed by atoms with Gasteiger partial charge in [-0.2, -0.15) is 0 Å². The van der Waals surface area contributed by atoms with Crippen LogP contribution in [0.15, 0.2) is 40.9 Å². The Balaban J connectivity index is 1.86. The maximum atomic E-state index is 13.3. The Hall–Kier alpha value is -1.84. The van der Waals surface area contributed by atoms with Gasteiger partial charge in [0.1, 0.15) is 11.3 Å². The van der Waals surface area contributed by atoms with E-state index in [0.29, 0.717) is 36.2 Å². The van der Waals surface area contributed by atoms with Crippen molar-refractivity contribution in [3.05, 3.63) is 56.5 Å². The van der Waals surface area contributed by atoms with Crippen LogP contribution in [0.1, 0.15) is 18.4 Å². The lowest BCUT2D eigenvalue weighted by molar-refractivity contribution is -0.130. The highest BCUT2D eigenvalue weighted by molar-refractivity contribution is 9.10. The smallest absolute Gasteiger partial charge is 0.266 e. The molecule has 33 heavy (non-hydrogen) atoms. The zero-order valence-electron chi connectivity index (χ0n) is 18.0. The average Bonchev–Trinajstić information content (AvgIpc) is 2.79. The van der Waals surface area contributed by atoms with Crippen LogP contribution in [0.3, 0.4) is 0 Å². The summed E-state index contributed by atoms with van der Waals surface area (Å²) in [7, 11) is 0. The van der Waals surface area contributed by atoms with Gasteiger partial charge in [0, 0.05) is 36.1 Å². The second-order valence-corrected chi connectivity index (χ2v) is 10.0. The van der Waals surface area contributed by atoms with Crippen LogP contribution in [0.2, 0.25) is 10.0 Å². The number of hydrogen-bond acceptors (Lipinski definition) is 5. The first-order valence-corrected chi connectivity index (χ1v) is 12.1. The molecule has 10 heteroatoms. The largest absolute Gasteiger partial charge is 0.482 e. The third-order valence-electron chi connectivity index (χ3n) is 6.30. The van der Waals surface area contributed by atoms with Crippen molar-refractivity contribution < 1.29 is 19.1 Å². The van der Waals surface area contributed by atoms with Crippen molar-refractivity contribution in [1.82, 2.24) is 4.90 Å². The van der Waals surface area contributed by atoms with Crippen molar-refractivity contribution in [1.29, 1.82) is 0 Å². The first-order valence-electron chi connectivity index (χ1n) is 10.5. The lowest BCUT2D eigenvalue weighted by atomic mass is 9.77. The van der Waals surface area contributed by atoms with Gasteiger partial charge in [-0.05, 0) is 30.7 Å². The van der Waals surface area contributed by atoms with E-state index in [1.165, 1.54) is 4.90 Å². The van der Waals surface area contributed by atoms with E-state index >= 15 is 0 Å². The average molecular weight is 557 g/mol. The number of nitrogens with zero attached hydrogens (tertiary/aromatic N) is 2. The fourth-order valence-electron chi connectivity index (χ4n) is 4.44. The first kappa shape index (κ1) is 24.3. The number of morpholine rings is 1. The molecule has 2 aliphatic heterocycles. The number of anilines is 1. The summed E-state index contributed by atoms with van der Waals surface area (Å²) >= 11 is 15.9. The Morgan fingerprint density at radius 1 is 1.18 bits per heavy atom. The van der Waals surface area contributed by atoms with Crippen LogP contribution >= 0.6 is 39.1 Å². The van der Waals surface area contributed by atoms with Gasteiger partial charge in [-0.3, -0.25) is 19.4 Å². The van der Waals surface area contributed by atoms with E-state index in [1.807, 2.05) is 24.3 Å². The Labute approximate surface area is 210 Å². The Bertz CT molecular complexity index is 1060. The monoisotopic (exact) mass is 555 g/mol. The third kappa shape index (κ3) is 4.72. The van der Waals surface area contributed by atoms with E-state index in [-0.39, 0.29) is 17.5 Å². The van der Waals surface area contributed by atoms with Crippen molar-refractivity contribution in [3.8, 4) is 5.75 Å². The molecule has 176 valence electrons. The number of primary amides is 1. The first-order chi connectivity index (χ1) is 15.7. The van der Waals surface area contributed by atoms with Gasteiger partial charge in [0.05, 0.1) is 28.9 Å². The zero-order valence-corrected chi connectivity index (χ0v) is 21.1. The summed E-state index contributed by atoms with van der Waals surface area (Å²) in [5.74, 6) is -1.08. The molecule has 4 rings (SSSR count). The number of nitrogens with two attached hydrogens (primary N) is 1. The van der Waals surface area contributed by atoms with Crippen molar-refractivity contribution in [2.75, 3.05) is 44.4 Å². The summed E-state index contributed by atoms with van der Waals surface area (Å²) in [6, 6.07) is 10.8. The molecule has 0 aromatic heterocycles. The number of rotatable bonds is 6. The van der Waals surface area contributed by atoms with Gasteiger partial charge in [0.25, 0.3) is 5.91 Å². The van der Waals surface area contributed by atoms with Gasteiger partial charge in [-0.1, -0.05) is 51.3 Å². The molecule has 0 saturated carbocycles. The Morgan fingerprint density at radius 3 is 2.45 bits per heavy atom. The lowest BCUT2D eigenvalue weighted by Crippen LogP contribution is -2.65. The fourth-order valence-corrected chi connectivity index (χ4v) is 5.01. The number of amides is 2. The molecule has 0 radical (unpaired) electrons. The predicted molar refractivity (Wildman–Crippen MR) is 131 cm³/mol. The summed E-state index contributed by atoms with van der Waals surface area (Å²) in [6.45, 7) is 4.62. The van der Waals surface area contributed by atoms with Crippen molar-refractivity contribution >= 4 is 56.6 Å². The van der Waals surface area contributed by atoms with E-state index in [4.69, 9.17) is 38.4 Å². The number of ether oxygens (including phenoxy) is 2. The number of fused-ring (bicyclic) bond motifs is 1. The predicted octanol–water partition coefficient (Wildman–Crippen LogP) is 3.84. The topological polar surface area (TPSA) is 85.1 Å². The minimum absolute atomic E-state index is 0.238. The van der Waals surface area contributed by atoms with E-state index in [9.17, 15) is 9.59 Å². The molecule has 2 aliphatic rings. The van der Waals surface area contributed by atoms with Gasteiger partial charge >= 0.3 is 0 Å². The molecule has 1 saturated heterocycles. The summed E-state index contributed by atoms with van der Waals surface area (Å²) in [5, 5.41) is 0.544. The molecule has 7 nitrogen and oxygen atoms in total. The van der Waals surface area contributed by atoms with Crippen LogP contribution in [-0.4, -0.2) is 61.7 Å². The molecule has 2 atom stereocenters. The van der Waals surface area contributed by atoms with Crippen molar-refractivity contribution in [2.24, 2.45) is 5.73 Å². The second-order valence-electron chi connectivity index (χ2n) is 8.28. The lowest BCUT2D eigenvalue weighted by Gasteiger charge is -2.47. The van der Waals surface area contributed by atoms with E-state index in [0.717, 1.165) is 23.1 Å². The highest BCUT2D eigenvalue weighted by atomic mass is 79.9. The fraction of sp³-hybridized carbons (Fsp3) is 0.391. The molecule has 2 heterocycles. The van der Waals surface area contributed by atoms with Crippen LogP contribution < -0.4 is 15.4 Å². The van der Waals surface area contributed by atoms with E-state index < -0.39 is 17.4 Å². The summed E-state index contributed by atoms with van der Waals surface area (Å²) in [4.78, 5) is 30.1. The van der Waals surface area contributed by atoms with Crippen LogP contribution in [-0.2, 0) is 14.3 Å². The zero-order chi connectivity index (χ0) is 23.8. The molecule has 2 aromatic rings. The molecule has 1 fully saturated rings. The van der Waals surface area contributed by atoms with Crippen LogP contribution in [0.5, 0.6) is 5.75 Å². The minimum Gasteiger partial charge on any atom is -0.482 e. The third-order valence-corrected chi connectivity index (χ3v) is 7.55. The molecule has 2 N–H and O–H groups in total. The van der Waals surface area contributed by atoms with Crippen LogP contribution in [0.4, 0.5) is 5.69 Å². The molecule has 2 unspecified atom stereocenters. The van der Waals surface area contributed by atoms with Crippen LogP contribution in [0, 0.1) is 0 Å². The number of halogens is 3. The molecule has 0 spiro atoms.